The molecule has 0 bridgehead atoms. The molecule has 1 spiro atoms. The Bertz CT molecular complexity index is 1080. The molecule has 1 saturated carbocycles. The van der Waals surface area contributed by atoms with Crippen molar-refractivity contribution < 1.29 is 52.8 Å². The Kier molecular flexibility index (Phi) is 5.31. The molecule has 0 aromatic rings. The van der Waals surface area contributed by atoms with E-state index in [-0.39, 0.29) is 12.2 Å². The molecule has 5 aliphatic rings. The number of rotatable bonds is 3. The monoisotopic (exact) mass is 490 g/mol. The third-order valence-corrected chi connectivity index (χ3v) is 8.22. The highest BCUT2D eigenvalue weighted by atomic mass is 16.6. The summed E-state index contributed by atoms with van der Waals surface area (Å²) in [5.41, 5.74) is -2.22. The topological polar surface area (TPSA) is 152 Å². The van der Waals surface area contributed by atoms with Gasteiger partial charge in [0.1, 0.15) is 12.2 Å². The molecule has 9 atom stereocenters. The highest BCUT2D eigenvalue weighted by Crippen LogP contribution is 2.66. The van der Waals surface area contributed by atoms with Gasteiger partial charge in [0, 0.05) is 30.6 Å². The Balaban J connectivity index is 1.70. The molecule has 188 valence electrons. The first-order valence-electron chi connectivity index (χ1n) is 11.5. The van der Waals surface area contributed by atoms with Crippen molar-refractivity contribution in [1.82, 2.24) is 0 Å². The van der Waals surface area contributed by atoms with Gasteiger partial charge in [0.2, 0.25) is 6.29 Å². The molecule has 35 heavy (non-hydrogen) atoms. The molecule has 2 saturated heterocycles. The first-order valence-corrected chi connectivity index (χ1v) is 11.5. The van der Waals surface area contributed by atoms with Crippen LogP contribution in [0, 0.1) is 28.6 Å². The van der Waals surface area contributed by atoms with Crippen LogP contribution in [0.15, 0.2) is 23.8 Å². The maximum atomic E-state index is 13.3. The van der Waals surface area contributed by atoms with Crippen molar-refractivity contribution in [2.45, 2.75) is 58.2 Å². The molecule has 0 radical (unpaired) electrons. The van der Waals surface area contributed by atoms with Crippen molar-refractivity contribution in [1.29, 1.82) is 0 Å². The molecule has 0 aromatic heterocycles. The summed E-state index contributed by atoms with van der Waals surface area (Å²) in [6.45, 7) is 4.22. The summed E-state index contributed by atoms with van der Waals surface area (Å²) in [4.78, 5) is 62.8. The predicted molar refractivity (Wildman–Crippen MR) is 112 cm³/mol. The smallest absolute Gasteiger partial charge is 0.340 e. The fourth-order valence-corrected chi connectivity index (χ4v) is 7.01. The van der Waals surface area contributed by atoms with Crippen LogP contribution >= 0.6 is 0 Å². The van der Waals surface area contributed by atoms with E-state index in [9.17, 15) is 29.1 Å². The van der Waals surface area contributed by atoms with Crippen molar-refractivity contribution in [3.63, 3.8) is 0 Å². The summed E-state index contributed by atoms with van der Waals surface area (Å²) in [5.74, 6) is -5.31. The average molecular weight is 490 g/mol. The van der Waals surface area contributed by atoms with Crippen LogP contribution in [0.25, 0.3) is 0 Å². The number of cyclic esters (lactones) is 3. The maximum absolute atomic E-state index is 13.3. The Hall–Kier alpha value is -3.21. The first-order chi connectivity index (χ1) is 16.5. The Morgan fingerprint density at radius 2 is 1.77 bits per heavy atom. The molecule has 3 aliphatic heterocycles. The van der Waals surface area contributed by atoms with E-state index in [1.807, 2.05) is 0 Å². The van der Waals surface area contributed by atoms with E-state index in [1.54, 1.807) is 19.1 Å². The predicted octanol–water partition coefficient (Wildman–Crippen LogP) is 0.338. The van der Waals surface area contributed by atoms with E-state index >= 15 is 0 Å². The van der Waals surface area contributed by atoms with Gasteiger partial charge < -0.3 is 28.8 Å². The third-order valence-electron chi connectivity index (χ3n) is 8.22. The second kappa shape index (κ2) is 7.91. The average Bonchev–Trinajstić information content (AvgIpc) is 3.27. The van der Waals surface area contributed by atoms with Gasteiger partial charge in [0.15, 0.2) is 6.10 Å². The van der Waals surface area contributed by atoms with Crippen molar-refractivity contribution in [3.05, 3.63) is 23.8 Å². The molecule has 1 N–H and O–H groups in total. The highest BCUT2D eigenvalue weighted by Gasteiger charge is 2.73. The Morgan fingerprint density at radius 3 is 2.40 bits per heavy atom. The normalized spacial score (nSPS) is 43.6. The Morgan fingerprint density at radius 1 is 1.06 bits per heavy atom. The lowest BCUT2D eigenvalue weighted by molar-refractivity contribution is -0.245. The summed E-state index contributed by atoms with van der Waals surface area (Å²) in [6.07, 6.45) is 0.150. The van der Waals surface area contributed by atoms with E-state index in [0.717, 1.165) is 6.08 Å². The van der Waals surface area contributed by atoms with E-state index in [2.05, 4.69) is 0 Å². The lowest BCUT2D eigenvalue weighted by atomic mass is 9.43. The quantitative estimate of drug-likeness (QED) is 0.331. The van der Waals surface area contributed by atoms with E-state index in [0.29, 0.717) is 12.8 Å². The molecule has 5 rings (SSSR count). The summed E-state index contributed by atoms with van der Waals surface area (Å²) in [5, 5.41) is 9.82. The zero-order valence-electron chi connectivity index (χ0n) is 19.4. The van der Waals surface area contributed by atoms with Crippen molar-refractivity contribution in [2.24, 2.45) is 28.6 Å². The molecule has 11 heteroatoms. The minimum Gasteiger partial charge on any atom is -0.465 e. The van der Waals surface area contributed by atoms with E-state index < -0.39 is 83.0 Å². The molecular weight excluding hydrogens is 464 g/mol. The van der Waals surface area contributed by atoms with Gasteiger partial charge in [-0.2, -0.15) is 0 Å². The van der Waals surface area contributed by atoms with Gasteiger partial charge in [-0.05, 0) is 25.0 Å². The molecule has 2 aliphatic carbocycles. The van der Waals surface area contributed by atoms with Crippen molar-refractivity contribution in [3.8, 4) is 0 Å². The van der Waals surface area contributed by atoms with Crippen LogP contribution in [-0.2, 0) is 47.7 Å². The van der Waals surface area contributed by atoms with Gasteiger partial charge in [-0.25, -0.2) is 4.79 Å². The largest absolute Gasteiger partial charge is 0.465 e. The lowest BCUT2D eigenvalue weighted by Crippen LogP contribution is -2.69. The standard InChI is InChI=1S/C24H26O11/c1-10(25)32-15-5-4-14-21(29)31-9-24(14)7-6-13-22(30)35-17(12-8-16(27)34-20(12)28)19(33-11(2)26)23(13,3)18(15)24/h4-5,8,13-19,27H,6-7,9H2,1-3H3. The van der Waals surface area contributed by atoms with Crippen LogP contribution in [0.5, 0.6) is 0 Å². The number of aliphatic hydroxyl groups is 1. The molecule has 3 heterocycles. The van der Waals surface area contributed by atoms with Crippen LogP contribution in [-0.4, -0.2) is 66.2 Å². The molecule has 11 nitrogen and oxygen atoms in total. The molecule has 0 aromatic carbocycles. The summed E-state index contributed by atoms with van der Waals surface area (Å²) >= 11 is 0. The summed E-state index contributed by atoms with van der Waals surface area (Å²) < 4.78 is 27.3. The minimum absolute atomic E-state index is 0.0432. The Labute approximate surface area is 200 Å². The van der Waals surface area contributed by atoms with Gasteiger partial charge >= 0.3 is 29.8 Å². The summed E-state index contributed by atoms with van der Waals surface area (Å²) in [6, 6.07) is 0. The SMILES string of the molecule is CC(=O)OC1C=CC2C(=O)OCC23CCC2C(=O)OC(C4=CC(O)OC4=O)C(OC(C)=O)C2(C)C13. The zero-order chi connectivity index (χ0) is 25.3. The number of esters is 5. The van der Waals surface area contributed by atoms with Crippen LogP contribution < -0.4 is 0 Å². The van der Waals surface area contributed by atoms with Gasteiger partial charge in [0.25, 0.3) is 0 Å². The number of carbonyl (C=O) groups excluding carboxylic acids is 5. The fourth-order valence-electron chi connectivity index (χ4n) is 7.01. The first kappa shape index (κ1) is 23.5. The van der Waals surface area contributed by atoms with Crippen molar-refractivity contribution in [2.75, 3.05) is 6.61 Å². The van der Waals surface area contributed by atoms with Gasteiger partial charge in [-0.15, -0.1) is 0 Å². The zero-order valence-corrected chi connectivity index (χ0v) is 19.4. The van der Waals surface area contributed by atoms with Crippen molar-refractivity contribution >= 4 is 29.8 Å². The molecule has 3 fully saturated rings. The molecule has 9 unspecified atom stereocenters. The number of fused-ring (bicyclic) bond motifs is 2. The number of carbonyl (C=O) groups is 5. The van der Waals surface area contributed by atoms with Crippen LogP contribution in [0.3, 0.4) is 0 Å². The molecule has 0 amide bonds. The number of aliphatic hydroxyl groups excluding tert-OH is 1. The van der Waals surface area contributed by atoms with Gasteiger partial charge in [-0.3, -0.25) is 19.2 Å². The van der Waals surface area contributed by atoms with Crippen LogP contribution in [0.4, 0.5) is 0 Å². The van der Waals surface area contributed by atoms with E-state index in [4.69, 9.17) is 23.7 Å². The van der Waals surface area contributed by atoms with E-state index in [1.165, 1.54) is 13.8 Å². The highest BCUT2D eigenvalue weighted by molar-refractivity contribution is 5.93. The third kappa shape index (κ3) is 3.31. The summed E-state index contributed by atoms with van der Waals surface area (Å²) in [7, 11) is 0. The number of hydrogen-bond donors (Lipinski definition) is 1. The second-order valence-electron chi connectivity index (χ2n) is 10.0. The van der Waals surface area contributed by atoms with Gasteiger partial charge in [-0.1, -0.05) is 13.0 Å². The van der Waals surface area contributed by atoms with Crippen LogP contribution in [0.2, 0.25) is 0 Å². The van der Waals surface area contributed by atoms with Crippen LogP contribution in [0.1, 0.15) is 33.6 Å². The number of hydrogen-bond acceptors (Lipinski definition) is 11. The minimum atomic E-state index is -1.53. The molecular formula is C24H26O11. The van der Waals surface area contributed by atoms with Gasteiger partial charge in [0.05, 0.1) is 24.0 Å². The number of ether oxygens (including phenoxy) is 5. The lowest BCUT2D eigenvalue weighted by Gasteiger charge is -2.62. The fraction of sp³-hybridized carbons (Fsp3) is 0.625. The second-order valence-corrected chi connectivity index (χ2v) is 10.0. The maximum Gasteiger partial charge on any atom is 0.340 e.